The third-order valence-electron chi connectivity index (χ3n) is 3.14. The molecule has 1 saturated carbocycles. The van der Waals surface area contributed by atoms with Gasteiger partial charge in [-0.1, -0.05) is 0 Å². The molecule has 1 aromatic rings. The molecule has 1 amide bonds. The highest BCUT2D eigenvalue weighted by molar-refractivity contribution is 5.89. The molecular formula is C12H17N3O3. The quantitative estimate of drug-likeness (QED) is 0.707. The Labute approximate surface area is 105 Å². The van der Waals surface area contributed by atoms with Crippen LogP contribution in [0.25, 0.3) is 0 Å². The van der Waals surface area contributed by atoms with Crippen LogP contribution in [0.15, 0.2) is 12.4 Å². The second-order valence-corrected chi connectivity index (χ2v) is 4.70. The molecule has 2 N–H and O–H groups in total. The van der Waals surface area contributed by atoms with Crippen LogP contribution in [-0.2, 0) is 23.1 Å². The maximum atomic E-state index is 11.5. The van der Waals surface area contributed by atoms with E-state index in [-0.39, 0.29) is 11.8 Å². The molecule has 2 rings (SSSR count). The molecule has 0 aromatic carbocycles. The second-order valence-electron chi connectivity index (χ2n) is 4.70. The third kappa shape index (κ3) is 3.09. The maximum Gasteiger partial charge on any atom is 0.307 e. The fourth-order valence-corrected chi connectivity index (χ4v) is 1.99. The Morgan fingerprint density at radius 3 is 2.89 bits per heavy atom. The van der Waals surface area contributed by atoms with Crippen molar-refractivity contribution in [3.63, 3.8) is 0 Å². The molecule has 0 saturated heterocycles. The van der Waals surface area contributed by atoms with E-state index < -0.39 is 11.9 Å². The van der Waals surface area contributed by atoms with Crippen LogP contribution in [-0.4, -0.2) is 33.3 Å². The van der Waals surface area contributed by atoms with Gasteiger partial charge in [-0.15, -0.1) is 0 Å². The molecule has 1 aliphatic rings. The molecule has 6 nitrogen and oxygen atoms in total. The fourth-order valence-electron chi connectivity index (χ4n) is 1.99. The van der Waals surface area contributed by atoms with Crippen molar-refractivity contribution in [2.24, 2.45) is 18.9 Å². The van der Waals surface area contributed by atoms with E-state index in [4.69, 9.17) is 5.11 Å². The van der Waals surface area contributed by atoms with Gasteiger partial charge in [-0.25, -0.2) is 0 Å². The minimum Gasteiger partial charge on any atom is -0.481 e. The normalized spacial score (nSPS) is 21.6. The molecule has 6 heteroatoms. The van der Waals surface area contributed by atoms with Gasteiger partial charge in [0, 0.05) is 19.8 Å². The summed E-state index contributed by atoms with van der Waals surface area (Å²) in [6, 6.07) is 0. The summed E-state index contributed by atoms with van der Waals surface area (Å²) >= 11 is 0. The van der Waals surface area contributed by atoms with E-state index in [1.807, 2.05) is 19.4 Å². The van der Waals surface area contributed by atoms with E-state index in [0.29, 0.717) is 13.0 Å². The van der Waals surface area contributed by atoms with E-state index in [1.54, 1.807) is 4.68 Å². The Balaban J connectivity index is 1.61. The second kappa shape index (κ2) is 5.20. The van der Waals surface area contributed by atoms with Crippen LogP contribution in [0, 0.1) is 11.8 Å². The van der Waals surface area contributed by atoms with Gasteiger partial charge in [0.15, 0.2) is 0 Å². The molecule has 18 heavy (non-hydrogen) atoms. The number of nitrogens with one attached hydrogen (secondary N) is 1. The first-order valence-electron chi connectivity index (χ1n) is 6.06. The third-order valence-corrected chi connectivity index (χ3v) is 3.14. The van der Waals surface area contributed by atoms with Gasteiger partial charge < -0.3 is 10.4 Å². The lowest BCUT2D eigenvalue weighted by atomic mass is 10.2. The van der Waals surface area contributed by atoms with Gasteiger partial charge in [0.1, 0.15) is 0 Å². The van der Waals surface area contributed by atoms with E-state index in [9.17, 15) is 9.59 Å². The molecule has 2 atom stereocenters. The van der Waals surface area contributed by atoms with Gasteiger partial charge in [-0.2, -0.15) is 5.10 Å². The van der Waals surface area contributed by atoms with Crippen molar-refractivity contribution in [2.45, 2.75) is 19.3 Å². The Morgan fingerprint density at radius 1 is 1.56 bits per heavy atom. The predicted octanol–water partition coefficient (Wildman–Crippen LogP) is 0.190. The van der Waals surface area contributed by atoms with E-state index in [2.05, 4.69) is 10.4 Å². The molecule has 1 fully saturated rings. The summed E-state index contributed by atoms with van der Waals surface area (Å²) in [6.07, 6.45) is 5.93. The van der Waals surface area contributed by atoms with Gasteiger partial charge in [0.05, 0.1) is 18.0 Å². The number of aliphatic carboxylic acids is 1. The van der Waals surface area contributed by atoms with Crippen molar-refractivity contribution in [3.8, 4) is 0 Å². The van der Waals surface area contributed by atoms with E-state index >= 15 is 0 Å². The lowest BCUT2D eigenvalue weighted by Crippen LogP contribution is -2.27. The molecule has 1 heterocycles. The minimum atomic E-state index is -0.870. The van der Waals surface area contributed by atoms with Crippen LogP contribution >= 0.6 is 0 Å². The number of hydrogen-bond acceptors (Lipinski definition) is 3. The first-order valence-corrected chi connectivity index (χ1v) is 6.06. The Bertz CT molecular complexity index is 455. The number of carboxylic acids is 1. The predicted molar refractivity (Wildman–Crippen MR) is 63.8 cm³/mol. The zero-order chi connectivity index (χ0) is 13.1. The summed E-state index contributed by atoms with van der Waals surface area (Å²) in [5.74, 6) is -1.79. The Kier molecular flexibility index (Phi) is 3.64. The molecular weight excluding hydrogens is 234 g/mol. The van der Waals surface area contributed by atoms with Crippen molar-refractivity contribution >= 4 is 11.9 Å². The van der Waals surface area contributed by atoms with Crippen molar-refractivity contribution in [1.82, 2.24) is 15.1 Å². The van der Waals surface area contributed by atoms with Gasteiger partial charge in [0.2, 0.25) is 5.91 Å². The highest BCUT2D eigenvalue weighted by Crippen LogP contribution is 2.38. The molecule has 98 valence electrons. The van der Waals surface area contributed by atoms with Crippen LogP contribution in [0.5, 0.6) is 0 Å². The van der Waals surface area contributed by atoms with Gasteiger partial charge in [-0.05, 0) is 24.8 Å². The number of aromatic nitrogens is 2. The number of carbonyl (C=O) groups excluding carboxylic acids is 1. The number of nitrogens with zero attached hydrogens (tertiary/aromatic N) is 2. The van der Waals surface area contributed by atoms with Crippen LogP contribution in [0.2, 0.25) is 0 Å². The maximum absolute atomic E-state index is 11.5. The zero-order valence-electron chi connectivity index (χ0n) is 10.3. The standard InChI is InChI=1S/C12H17N3O3/c1-15-7-8(6-14-15)3-2-4-13-11(16)9-5-10(9)12(17)18/h6-7,9-10H,2-5H2,1H3,(H,13,16)(H,17,18)/t9-,10+/m0/s1. The smallest absolute Gasteiger partial charge is 0.307 e. The summed E-state index contributed by atoms with van der Waals surface area (Å²) in [6.45, 7) is 0.580. The minimum absolute atomic E-state index is 0.131. The fraction of sp³-hybridized carbons (Fsp3) is 0.583. The highest BCUT2D eigenvalue weighted by atomic mass is 16.4. The Morgan fingerprint density at radius 2 is 2.33 bits per heavy atom. The van der Waals surface area contributed by atoms with E-state index in [1.165, 1.54) is 0 Å². The number of carboxylic acid groups (broad SMARTS) is 1. The van der Waals surface area contributed by atoms with E-state index in [0.717, 1.165) is 18.4 Å². The van der Waals surface area contributed by atoms with Crippen molar-refractivity contribution < 1.29 is 14.7 Å². The molecule has 0 bridgehead atoms. The first kappa shape index (κ1) is 12.6. The largest absolute Gasteiger partial charge is 0.481 e. The number of rotatable bonds is 6. The molecule has 0 spiro atoms. The van der Waals surface area contributed by atoms with Crippen LogP contribution < -0.4 is 5.32 Å². The lowest BCUT2D eigenvalue weighted by Gasteiger charge is -2.03. The summed E-state index contributed by atoms with van der Waals surface area (Å²) in [5, 5.41) is 15.5. The van der Waals surface area contributed by atoms with Crippen LogP contribution in [0.1, 0.15) is 18.4 Å². The van der Waals surface area contributed by atoms with Crippen molar-refractivity contribution in [2.75, 3.05) is 6.54 Å². The summed E-state index contributed by atoms with van der Waals surface area (Å²) in [4.78, 5) is 22.1. The lowest BCUT2D eigenvalue weighted by molar-refractivity contribution is -0.140. The molecule has 0 radical (unpaired) electrons. The van der Waals surface area contributed by atoms with Gasteiger partial charge in [0.25, 0.3) is 0 Å². The summed E-state index contributed by atoms with van der Waals surface area (Å²) in [7, 11) is 1.87. The van der Waals surface area contributed by atoms with Crippen molar-refractivity contribution in [1.29, 1.82) is 0 Å². The van der Waals surface area contributed by atoms with Crippen LogP contribution in [0.4, 0.5) is 0 Å². The first-order chi connectivity index (χ1) is 8.58. The zero-order valence-corrected chi connectivity index (χ0v) is 10.3. The summed E-state index contributed by atoms with van der Waals surface area (Å²) in [5.41, 5.74) is 1.14. The Hall–Kier alpha value is -1.85. The monoisotopic (exact) mass is 251 g/mol. The SMILES string of the molecule is Cn1cc(CCCNC(=O)[C@H]2C[C@H]2C(=O)O)cn1. The van der Waals surface area contributed by atoms with Gasteiger partial charge in [-0.3, -0.25) is 14.3 Å². The molecule has 0 unspecified atom stereocenters. The van der Waals surface area contributed by atoms with Crippen LogP contribution in [0.3, 0.4) is 0 Å². The van der Waals surface area contributed by atoms with Gasteiger partial charge >= 0.3 is 5.97 Å². The average Bonchev–Trinajstić information content (AvgIpc) is 3.03. The van der Waals surface area contributed by atoms with Crippen molar-refractivity contribution in [3.05, 3.63) is 18.0 Å². The highest BCUT2D eigenvalue weighted by Gasteiger charge is 2.48. The molecule has 1 aromatic heterocycles. The molecule has 0 aliphatic heterocycles. The number of hydrogen-bond donors (Lipinski definition) is 2. The number of carbonyl (C=O) groups is 2. The number of amides is 1. The topological polar surface area (TPSA) is 84.2 Å². The molecule has 1 aliphatic carbocycles. The summed E-state index contributed by atoms with van der Waals surface area (Å²) < 4.78 is 1.75. The number of aryl methyl sites for hydroxylation is 2. The average molecular weight is 251 g/mol.